The van der Waals surface area contributed by atoms with Crippen LogP contribution in [0.5, 0.6) is 0 Å². The first-order chi connectivity index (χ1) is 12.5. The number of amides is 1. The summed E-state index contributed by atoms with van der Waals surface area (Å²) in [6.45, 7) is 8.78. The van der Waals surface area contributed by atoms with Crippen molar-refractivity contribution >= 4 is 34.1 Å². The summed E-state index contributed by atoms with van der Waals surface area (Å²) in [6, 6.07) is 8.18. The van der Waals surface area contributed by atoms with Gasteiger partial charge in [-0.3, -0.25) is 4.79 Å². The minimum atomic E-state index is -0.0912. The van der Waals surface area contributed by atoms with Crippen molar-refractivity contribution in [2.75, 3.05) is 11.1 Å². The second-order valence-corrected chi connectivity index (χ2v) is 8.06. The Hall–Kier alpha value is -2.19. The van der Waals surface area contributed by atoms with Crippen molar-refractivity contribution in [3.05, 3.63) is 40.4 Å². The maximum Gasteiger partial charge on any atom is 0.236 e. The summed E-state index contributed by atoms with van der Waals surface area (Å²) >= 11 is 2.87. The molecule has 136 valence electrons. The minimum absolute atomic E-state index is 0.0912. The topological polar surface area (TPSA) is 72.7 Å². The highest BCUT2D eigenvalue weighted by molar-refractivity contribution is 7.99. The van der Waals surface area contributed by atoms with Gasteiger partial charge in [0.2, 0.25) is 5.91 Å². The van der Waals surface area contributed by atoms with E-state index in [1.165, 1.54) is 28.7 Å². The Morgan fingerprint density at radius 3 is 2.73 bits per heavy atom. The van der Waals surface area contributed by atoms with Gasteiger partial charge in [-0.05, 0) is 33.8 Å². The smallest absolute Gasteiger partial charge is 0.236 e. The van der Waals surface area contributed by atoms with E-state index in [2.05, 4.69) is 39.6 Å². The Morgan fingerprint density at radius 2 is 2.08 bits per heavy atom. The van der Waals surface area contributed by atoms with Crippen molar-refractivity contribution in [1.29, 1.82) is 0 Å². The number of carbonyl (C=O) groups is 1. The van der Waals surface area contributed by atoms with Crippen LogP contribution in [0.1, 0.15) is 23.1 Å². The molecule has 6 nitrogen and oxygen atoms in total. The van der Waals surface area contributed by atoms with Crippen LogP contribution < -0.4 is 5.32 Å². The number of benzene rings is 1. The van der Waals surface area contributed by atoms with Gasteiger partial charge in [0.05, 0.1) is 11.4 Å². The van der Waals surface area contributed by atoms with E-state index in [1.807, 2.05) is 37.5 Å². The molecule has 2 heterocycles. The van der Waals surface area contributed by atoms with Crippen molar-refractivity contribution in [2.24, 2.45) is 0 Å². The van der Waals surface area contributed by atoms with Gasteiger partial charge < -0.3 is 9.88 Å². The molecule has 1 amide bonds. The van der Waals surface area contributed by atoms with Gasteiger partial charge in [0, 0.05) is 17.0 Å². The molecule has 0 aliphatic heterocycles. The highest BCUT2D eigenvalue weighted by Gasteiger charge is 2.15. The van der Waals surface area contributed by atoms with Crippen molar-refractivity contribution in [3.8, 4) is 11.4 Å². The quantitative estimate of drug-likeness (QED) is 0.645. The average molecular weight is 388 g/mol. The summed E-state index contributed by atoms with van der Waals surface area (Å²) < 4.78 is 2.03. The molecule has 0 atom stereocenters. The van der Waals surface area contributed by atoms with Gasteiger partial charge in [-0.2, -0.15) is 0 Å². The van der Waals surface area contributed by atoms with Gasteiger partial charge in [0.1, 0.15) is 0 Å². The van der Waals surface area contributed by atoms with Crippen molar-refractivity contribution in [3.63, 3.8) is 0 Å². The van der Waals surface area contributed by atoms with Crippen LogP contribution >= 0.6 is 23.1 Å². The van der Waals surface area contributed by atoms with E-state index in [-0.39, 0.29) is 11.7 Å². The number of nitrogens with one attached hydrogen (secondary N) is 1. The van der Waals surface area contributed by atoms with Gasteiger partial charge in [-0.15, -0.1) is 21.5 Å². The number of aromatic nitrogens is 4. The summed E-state index contributed by atoms with van der Waals surface area (Å²) in [5.41, 5.74) is 3.16. The largest absolute Gasteiger partial charge is 0.302 e. The second-order valence-electron chi connectivity index (χ2n) is 5.92. The number of anilines is 1. The van der Waals surface area contributed by atoms with Crippen LogP contribution in [0, 0.1) is 20.8 Å². The standard InChI is InChI=1S/C18H21N5OS2/c1-5-23-16(14-8-6-7-11(2)9-14)21-22-18(23)25-10-15(24)20-17-19-12(3)13(4)26-17/h6-9H,5,10H2,1-4H3,(H,19,20,24). The first-order valence-corrected chi connectivity index (χ1v) is 10.1. The molecule has 26 heavy (non-hydrogen) atoms. The highest BCUT2D eigenvalue weighted by atomic mass is 32.2. The summed E-state index contributed by atoms with van der Waals surface area (Å²) in [4.78, 5) is 17.7. The van der Waals surface area contributed by atoms with Gasteiger partial charge in [0.15, 0.2) is 16.1 Å². The Morgan fingerprint density at radius 1 is 1.27 bits per heavy atom. The first-order valence-electron chi connectivity index (χ1n) is 8.35. The minimum Gasteiger partial charge on any atom is -0.302 e. The average Bonchev–Trinajstić information content (AvgIpc) is 3.15. The lowest BCUT2D eigenvalue weighted by atomic mass is 10.1. The Balaban J connectivity index is 1.69. The lowest BCUT2D eigenvalue weighted by molar-refractivity contribution is -0.113. The fourth-order valence-electron chi connectivity index (χ4n) is 2.49. The molecule has 8 heteroatoms. The van der Waals surface area contributed by atoms with E-state index >= 15 is 0 Å². The molecule has 0 radical (unpaired) electrons. The monoisotopic (exact) mass is 387 g/mol. The zero-order valence-corrected chi connectivity index (χ0v) is 16.9. The van der Waals surface area contributed by atoms with Crippen LogP contribution in [0.3, 0.4) is 0 Å². The molecular formula is C18H21N5OS2. The van der Waals surface area contributed by atoms with Gasteiger partial charge >= 0.3 is 0 Å². The molecule has 0 aliphatic carbocycles. The molecule has 3 rings (SSSR count). The number of thiazole rings is 1. The normalized spacial score (nSPS) is 10.9. The maximum atomic E-state index is 12.2. The summed E-state index contributed by atoms with van der Waals surface area (Å²) in [6.07, 6.45) is 0. The van der Waals surface area contributed by atoms with E-state index in [0.29, 0.717) is 5.13 Å². The Labute approximate surface area is 161 Å². The number of nitrogens with zero attached hydrogens (tertiary/aromatic N) is 4. The zero-order valence-electron chi connectivity index (χ0n) is 15.2. The molecule has 0 spiro atoms. The van der Waals surface area contributed by atoms with Gasteiger partial charge in [-0.25, -0.2) is 4.98 Å². The molecule has 0 fully saturated rings. The van der Waals surface area contributed by atoms with E-state index in [4.69, 9.17) is 0 Å². The number of rotatable bonds is 6. The molecule has 0 saturated heterocycles. The van der Waals surface area contributed by atoms with Crippen LogP contribution in [0.25, 0.3) is 11.4 Å². The third kappa shape index (κ3) is 4.13. The molecule has 0 unspecified atom stereocenters. The van der Waals surface area contributed by atoms with Crippen molar-refractivity contribution in [2.45, 2.75) is 39.4 Å². The van der Waals surface area contributed by atoms with E-state index in [1.54, 1.807) is 0 Å². The molecule has 0 aliphatic rings. The summed E-state index contributed by atoms with van der Waals surface area (Å²) in [7, 11) is 0. The number of carbonyl (C=O) groups excluding carboxylic acids is 1. The fourth-order valence-corrected chi connectivity index (χ4v) is 4.12. The predicted octanol–water partition coefficient (Wildman–Crippen LogP) is 4.08. The number of aryl methyl sites for hydroxylation is 3. The molecule has 1 N–H and O–H groups in total. The fraction of sp³-hybridized carbons (Fsp3) is 0.333. The van der Waals surface area contributed by atoms with Crippen molar-refractivity contribution in [1.82, 2.24) is 19.7 Å². The zero-order chi connectivity index (χ0) is 18.7. The van der Waals surface area contributed by atoms with E-state index < -0.39 is 0 Å². The molecule has 0 bridgehead atoms. The molecule has 2 aromatic heterocycles. The SMILES string of the molecule is CCn1c(SCC(=O)Nc2nc(C)c(C)s2)nnc1-c1cccc(C)c1. The third-order valence-corrected chi connectivity index (χ3v) is 5.87. The van der Waals surface area contributed by atoms with Crippen LogP contribution in [0.4, 0.5) is 5.13 Å². The number of hydrogen-bond acceptors (Lipinski definition) is 6. The third-order valence-electron chi connectivity index (χ3n) is 3.92. The van der Waals surface area contributed by atoms with Crippen LogP contribution in [0.2, 0.25) is 0 Å². The first kappa shape index (κ1) is 18.6. The van der Waals surface area contributed by atoms with Crippen LogP contribution in [0.15, 0.2) is 29.4 Å². The summed E-state index contributed by atoms with van der Waals surface area (Å²) in [5.74, 6) is 1.00. The molecule has 3 aromatic rings. The Kier molecular flexibility index (Phi) is 5.73. The van der Waals surface area contributed by atoms with E-state index in [0.717, 1.165) is 33.7 Å². The van der Waals surface area contributed by atoms with E-state index in [9.17, 15) is 4.79 Å². The van der Waals surface area contributed by atoms with Crippen molar-refractivity contribution < 1.29 is 4.79 Å². The second kappa shape index (κ2) is 8.01. The highest BCUT2D eigenvalue weighted by Crippen LogP contribution is 2.25. The number of hydrogen-bond donors (Lipinski definition) is 1. The van der Waals surface area contributed by atoms with Crippen LogP contribution in [-0.4, -0.2) is 31.4 Å². The molecule has 1 aromatic carbocycles. The lowest BCUT2D eigenvalue weighted by Crippen LogP contribution is -2.14. The lowest BCUT2D eigenvalue weighted by Gasteiger charge is -2.07. The summed E-state index contributed by atoms with van der Waals surface area (Å²) in [5, 5.41) is 12.8. The van der Waals surface area contributed by atoms with Crippen LogP contribution in [-0.2, 0) is 11.3 Å². The predicted molar refractivity (Wildman–Crippen MR) is 107 cm³/mol. The van der Waals surface area contributed by atoms with Gasteiger partial charge in [-0.1, -0.05) is 35.5 Å². The molecular weight excluding hydrogens is 366 g/mol. The molecule has 0 saturated carbocycles. The Bertz CT molecular complexity index is 912. The van der Waals surface area contributed by atoms with Gasteiger partial charge in [0.25, 0.3) is 0 Å². The maximum absolute atomic E-state index is 12.2. The number of thioether (sulfide) groups is 1.